The molecule has 0 amide bonds. The summed E-state index contributed by atoms with van der Waals surface area (Å²) >= 11 is 0. The molecule has 0 radical (unpaired) electrons. The first kappa shape index (κ1) is 21.7. The van der Waals surface area contributed by atoms with Crippen molar-refractivity contribution in [2.75, 3.05) is 53.0 Å². The molecule has 2 aromatic carbocycles. The lowest BCUT2D eigenvalue weighted by molar-refractivity contribution is 0.0195. The van der Waals surface area contributed by atoms with Crippen LogP contribution in [-0.4, -0.2) is 74.8 Å². The molecule has 1 atom stereocenters. The highest BCUT2D eigenvalue weighted by Crippen LogP contribution is 2.17. The lowest BCUT2D eigenvalue weighted by atomic mass is 10.1. The van der Waals surface area contributed by atoms with Crippen molar-refractivity contribution in [3.63, 3.8) is 0 Å². The van der Waals surface area contributed by atoms with Crippen molar-refractivity contribution in [3.8, 4) is 5.75 Å². The first-order valence-electron chi connectivity index (χ1n) is 11.3. The third-order valence-corrected chi connectivity index (χ3v) is 6.11. The van der Waals surface area contributed by atoms with E-state index < -0.39 is 0 Å². The van der Waals surface area contributed by atoms with Gasteiger partial charge in [0.05, 0.1) is 13.2 Å². The van der Waals surface area contributed by atoms with Gasteiger partial charge in [-0.1, -0.05) is 42.5 Å². The standard InChI is InChI=1S/C25H34N4O2/c1-26-25(29-14-12-23(19-29)28-15-17-30-18-16-28)27-13-11-21-7-9-24(10-8-21)31-20-22-5-3-2-4-6-22/h2-10,23H,11-20H2,1H3,(H,26,27). The molecule has 2 heterocycles. The number of ether oxygens (including phenoxy) is 2. The Morgan fingerprint density at radius 3 is 2.55 bits per heavy atom. The van der Waals surface area contributed by atoms with Gasteiger partial charge in [-0.05, 0) is 36.1 Å². The van der Waals surface area contributed by atoms with Gasteiger partial charge in [0, 0.05) is 45.8 Å². The molecule has 31 heavy (non-hydrogen) atoms. The molecule has 2 aliphatic rings. The lowest BCUT2D eigenvalue weighted by Crippen LogP contribution is -2.46. The lowest BCUT2D eigenvalue weighted by Gasteiger charge is -2.32. The largest absolute Gasteiger partial charge is 0.489 e. The van der Waals surface area contributed by atoms with Crippen LogP contribution in [0.4, 0.5) is 0 Å². The minimum Gasteiger partial charge on any atom is -0.489 e. The van der Waals surface area contributed by atoms with Crippen LogP contribution in [-0.2, 0) is 17.8 Å². The first-order valence-corrected chi connectivity index (χ1v) is 11.3. The fourth-order valence-electron chi connectivity index (χ4n) is 4.32. The van der Waals surface area contributed by atoms with E-state index in [0.717, 1.165) is 64.1 Å². The summed E-state index contributed by atoms with van der Waals surface area (Å²) < 4.78 is 11.4. The summed E-state index contributed by atoms with van der Waals surface area (Å²) in [5, 5.41) is 3.55. The number of likely N-dealkylation sites (tertiary alicyclic amines) is 1. The quantitative estimate of drug-likeness (QED) is 0.549. The summed E-state index contributed by atoms with van der Waals surface area (Å²) in [4.78, 5) is 9.47. The van der Waals surface area contributed by atoms with Gasteiger partial charge in [0.25, 0.3) is 0 Å². The fourth-order valence-corrected chi connectivity index (χ4v) is 4.32. The minimum absolute atomic E-state index is 0.597. The summed E-state index contributed by atoms with van der Waals surface area (Å²) in [5.41, 5.74) is 2.47. The van der Waals surface area contributed by atoms with E-state index in [9.17, 15) is 0 Å². The SMILES string of the molecule is CN=C(NCCc1ccc(OCc2ccccc2)cc1)N1CCC(N2CCOCC2)C1. The molecular weight excluding hydrogens is 388 g/mol. The van der Waals surface area contributed by atoms with Crippen molar-refractivity contribution in [2.24, 2.45) is 4.99 Å². The summed E-state index contributed by atoms with van der Waals surface area (Å²) in [6.45, 7) is 7.40. The number of nitrogens with zero attached hydrogens (tertiary/aromatic N) is 3. The number of guanidine groups is 1. The maximum absolute atomic E-state index is 5.88. The topological polar surface area (TPSA) is 49.3 Å². The zero-order chi connectivity index (χ0) is 21.3. The molecule has 2 aromatic rings. The molecule has 0 aliphatic carbocycles. The average Bonchev–Trinajstić information content (AvgIpc) is 3.33. The van der Waals surface area contributed by atoms with Crippen LogP contribution in [0.5, 0.6) is 5.75 Å². The smallest absolute Gasteiger partial charge is 0.193 e. The zero-order valence-corrected chi connectivity index (χ0v) is 18.5. The molecule has 6 nitrogen and oxygen atoms in total. The van der Waals surface area contributed by atoms with Crippen molar-refractivity contribution in [1.82, 2.24) is 15.1 Å². The molecule has 2 saturated heterocycles. The highest BCUT2D eigenvalue weighted by Gasteiger charge is 2.30. The summed E-state index contributed by atoms with van der Waals surface area (Å²) in [7, 11) is 1.88. The fraction of sp³-hybridized carbons (Fsp3) is 0.480. The van der Waals surface area contributed by atoms with Gasteiger partial charge in [0.2, 0.25) is 0 Å². The molecule has 4 rings (SSSR count). The van der Waals surface area contributed by atoms with Gasteiger partial charge in [0.1, 0.15) is 12.4 Å². The third-order valence-electron chi connectivity index (χ3n) is 6.11. The highest BCUT2D eigenvalue weighted by molar-refractivity contribution is 5.80. The number of aliphatic imine (C=N–C) groups is 1. The van der Waals surface area contributed by atoms with E-state index in [4.69, 9.17) is 9.47 Å². The molecule has 1 unspecified atom stereocenters. The number of nitrogens with one attached hydrogen (secondary N) is 1. The van der Waals surface area contributed by atoms with Crippen molar-refractivity contribution >= 4 is 5.96 Å². The number of rotatable bonds is 7. The Morgan fingerprint density at radius 2 is 1.81 bits per heavy atom. The van der Waals surface area contributed by atoms with Crippen LogP contribution in [0, 0.1) is 0 Å². The van der Waals surface area contributed by atoms with Crippen LogP contribution in [0.25, 0.3) is 0 Å². The summed E-state index contributed by atoms with van der Waals surface area (Å²) in [5.74, 6) is 1.92. The Balaban J connectivity index is 1.19. The van der Waals surface area contributed by atoms with Gasteiger partial charge in [-0.3, -0.25) is 9.89 Å². The second kappa shape index (κ2) is 11.2. The predicted octanol–water partition coefficient (Wildman–Crippen LogP) is 2.79. The van der Waals surface area contributed by atoms with Crippen molar-refractivity contribution in [1.29, 1.82) is 0 Å². The molecule has 1 N–H and O–H groups in total. The molecular formula is C25H34N4O2. The molecule has 2 fully saturated rings. The highest BCUT2D eigenvalue weighted by atomic mass is 16.5. The van der Waals surface area contributed by atoms with Gasteiger partial charge in [0.15, 0.2) is 5.96 Å². The molecule has 6 heteroatoms. The van der Waals surface area contributed by atoms with Crippen LogP contribution >= 0.6 is 0 Å². The van der Waals surface area contributed by atoms with E-state index in [0.29, 0.717) is 12.6 Å². The van der Waals surface area contributed by atoms with Gasteiger partial charge in [-0.15, -0.1) is 0 Å². The zero-order valence-electron chi connectivity index (χ0n) is 18.5. The minimum atomic E-state index is 0.597. The Bertz CT molecular complexity index is 819. The molecule has 0 aromatic heterocycles. The number of hydrogen-bond acceptors (Lipinski definition) is 4. The van der Waals surface area contributed by atoms with E-state index in [2.05, 4.69) is 56.5 Å². The van der Waals surface area contributed by atoms with Gasteiger partial charge in [-0.2, -0.15) is 0 Å². The molecule has 0 spiro atoms. The Hall–Kier alpha value is -2.57. The van der Waals surface area contributed by atoms with Crippen molar-refractivity contribution < 1.29 is 9.47 Å². The van der Waals surface area contributed by atoms with Crippen LogP contribution in [0.2, 0.25) is 0 Å². The maximum atomic E-state index is 5.88. The molecule has 0 saturated carbocycles. The second-order valence-corrected chi connectivity index (χ2v) is 8.18. The third kappa shape index (κ3) is 6.21. The predicted molar refractivity (Wildman–Crippen MR) is 125 cm³/mol. The Morgan fingerprint density at radius 1 is 1.03 bits per heavy atom. The first-order chi connectivity index (χ1) is 15.3. The van der Waals surface area contributed by atoms with Crippen molar-refractivity contribution in [3.05, 3.63) is 65.7 Å². The van der Waals surface area contributed by atoms with Gasteiger partial charge in [-0.25, -0.2) is 0 Å². The van der Waals surface area contributed by atoms with Crippen LogP contribution in [0.3, 0.4) is 0 Å². The number of hydrogen-bond donors (Lipinski definition) is 1. The van der Waals surface area contributed by atoms with E-state index in [1.165, 1.54) is 17.5 Å². The number of benzene rings is 2. The van der Waals surface area contributed by atoms with Gasteiger partial charge >= 0.3 is 0 Å². The average molecular weight is 423 g/mol. The van der Waals surface area contributed by atoms with Gasteiger partial charge < -0.3 is 19.7 Å². The molecule has 2 aliphatic heterocycles. The monoisotopic (exact) mass is 422 g/mol. The molecule has 0 bridgehead atoms. The van der Waals surface area contributed by atoms with Crippen molar-refractivity contribution in [2.45, 2.75) is 25.5 Å². The van der Waals surface area contributed by atoms with Crippen LogP contribution < -0.4 is 10.1 Å². The van der Waals surface area contributed by atoms with Crippen LogP contribution in [0.15, 0.2) is 59.6 Å². The van der Waals surface area contributed by atoms with E-state index in [1.807, 2.05) is 25.2 Å². The van der Waals surface area contributed by atoms with E-state index >= 15 is 0 Å². The number of morpholine rings is 1. The van der Waals surface area contributed by atoms with E-state index in [-0.39, 0.29) is 0 Å². The summed E-state index contributed by atoms with van der Waals surface area (Å²) in [6, 6.07) is 19.3. The maximum Gasteiger partial charge on any atom is 0.193 e. The molecule has 166 valence electrons. The second-order valence-electron chi connectivity index (χ2n) is 8.18. The Labute approximate surface area is 185 Å². The van der Waals surface area contributed by atoms with Crippen LogP contribution in [0.1, 0.15) is 17.5 Å². The van der Waals surface area contributed by atoms with E-state index in [1.54, 1.807) is 0 Å². The summed E-state index contributed by atoms with van der Waals surface area (Å²) in [6.07, 6.45) is 2.16. The normalized spacial score (nSPS) is 20.1. The Kier molecular flexibility index (Phi) is 7.80.